The molecule has 0 atom stereocenters. The maximum atomic E-state index is 12.3. The van der Waals surface area contributed by atoms with E-state index in [9.17, 15) is 9.90 Å². The van der Waals surface area contributed by atoms with Crippen LogP contribution < -0.4 is 10.4 Å². The minimum Gasteiger partial charge on any atom is -0.479 e. The summed E-state index contributed by atoms with van der Waals surface area (Å²) in [4.78, 5) is 20.1. The fraction of sp³-hybridized carbons (Fsp3) is 0. The Morgan fingerprint density at radius 2 is 2.00 bits per heavy atom. The van der Waals surface area contributed by atoms with Gasteiger partial charge in [0.15, 0.2) is 5.82 Å². The van der Waals surface area contributed by atoms with E-state index in [0.717, 1.165) is 5.56 Å². The molecule has 1 aliphatic heterocycles. The summed E-state index contributed by atoms with van der Waals surface area (Å²) >= 11 is 0. The van der Waals surface area contributed by atoms with E-state index in [1.807, 2.05) is 30.3 Å². The third-order valence-electron chi connectivity index (χ3n) is 2.87. The number of aromatic nitrogens is 1. The highest BCUT2D eigenvalue weighted by Gasteiger charge is 2.23. The molecule has 1 aromatic carbocycles. The molecule has 0 aliphatic carbocycles. The lowest BCUT2D eigenvalue weighted by atomic mass is 10.2. The number of amidine groups is 1. The van der Waals surface area contributed by atoms with Crippen LogP contribution in [-0.2, 0) is 4.79 Å². The summed E-state index contributed by atoms with van der Waals surface area (Å²) in [7, 11) is 0. The molecule has 3 rings (SSSR count). The molecule has 1 aromatic heterocycles. The van der Waals surface area contributed by atoms with Gasteiger partial charge in [0.25, 0.3) is 5.91 Å². The van der Waals surface area contributed by atoms with Crippen molar-refractivity contribution in [2.75, 3.05) is 5.01 Å². The standard InChI is InChI=1S/C15H12N4O2/c20-13(9-8-11-5-2-1-3-6-11)19-12-7-4-10-16-14(12)17-15(21)18-19/h1-10H,(H2,16,17,18,21)/b9-8+. The highest BCUT2D eigenvalue weighted by atomic mass is 16.3. The average molecular weight is 280 g/mol. The van der Waals surface area contributed by atoms with Crippen molar-refractivity contribution in [2.24, 2.45) is 4.99 Å². The molecule has 0 fully saturated rings. The van der Waals surface area contributed by atoms with E-state index in [1.165, 1.54) is 11.1 Å². The maximum Gasteiger partial charge on any atom is 0.308 e. The number of aliphatic hydroxyl groups excluding tert-OH is 1. The third-order valence-corrected chi connectivity index (χ3v) is 2.87. The highest BCUT2D eigenvalue weighted by molar-refractivity contribution is 6.07. The van der Waals surface area contributed by atoms with Gasteiger partial charge < -0.3 is 5.11 Å². The Hall–Kier alpha value is -3.15. The Labute approximate surface area is 121 Å². The van der Waals surface area contributed by atoms with E-state index in [0.29, 0.717) is 5.69 Å². The van der Waals surface area contributed by atoms with Crippen LogP contribution in [0.15, 0.2) is 59.7 Å². The first-order valence-electron chi connectivity index (χ1n) is 6.30. The lowest BCUT2D eigenvalue weighted by Crippen LogP contribution is -2.47. The summed E-state index contributed by atoms with van der Waals surface area (Å²) in [6.07, 6.45) is 4.66. The van der Waals surface area contributed by atoms with E-state index in [-0.39, 0.29) is 17.7 Å². The normalized spacial score (nSPS) is 13.5. The van der Waals surface area contributed by atoms with Gasteiger partial charge in [-0.05, 0) is 23.8 Å². The van der Waals surface area contributed by atoms with E-state index >= 15 is 0 Å². The summed E-state index contributed by atoms with van der Waals surface area (Å²) in [6.45, 7) is 0. The van der Waals surface area contributed by atoms with Crippen LogP contribution in [0, 0.1) is 0 Å². The number of amides is 1. The summed E-state index contributed by atoms with van der Waals surface area (Å²) in [6, 6.07) is 12.5. The van der Waals surface area contributed by atoms with Crippen LogP contribution >= 0.6 is 0 Å². The largest absolute Gasteiger partial charge is 0.479 e. The number of carbonyl (C=O) groups is 1. The monoisotopic (exact) mass is 280 g/mol. The van der Waals surface area contributed by atoms with Crippen molar-refractivity contribution in [1.29, 1.82) is 0 Å². The molecule has 2 N–H and O–H groups in total. The molecule has 0 bridgehead atoms. The summed E-state index contributed by atoms with van der Waals surface area (Å²) in [5.41, 5.74) is 3.90. The van der Waals surface area contributed by atoms with Gasteiger partial charge in [0.05, 0.1) is 0 Å². The predicted octanol–water partition coefficient (Wildman–Crippen LogP) is 2.19. The van der Waals surface area contributed by atoms with Crippen molar-refractivity contribution in [3.63, 3.8) is 0 Å². The molecule has 0 spiro atoms. The summed E-state index contributed by atoms with van der Waals surface area (Å²) in [5.74, 6) is -0.0511. The summed E-state index contributed by atoms with van der Waals surface area (Å²) in [5, 5.41) is 10.7. The predicted molar refractivity (Wildman–Crippen MR) is 80.1 cm³/mol. The minimum absolute atomic E-state index is 0.287. The number of hydrazine groups is 1. The van der Waals surface area contributed by atoms with Gasteiger partial charge in [-0.25, -0.2) is 15.4 Å². The maximum absolute atomic E-state index is 12.3. The van der Waals surface area contributed by atoms with Crippen molar-refractivity contribution in [3.8, 4) is 0 Å². The fourth-order valence-electron chi connectivity index (χ4n) is 1.91. The van der Waals surface area contributed by atoms with E-state index < -0.39 is 0 Å². The number of hydrogen-bond acceptors (Lipinski definition) is 4. The molecule has 1 aliphatic rings. The van der Waals surface area contributed by atoms with Crippen LogP contribution in [0.1, 0.15) is 5.56 Å². The second-order valence-electron chi connectivity index (χ2n) is 4.31. The zero-order chi connectivity index (χ0) is 14.7. The second-order valence-corrected chi connectivity index (χ2v) is 4.31. The number of pyridine rings is 1. The Morgan fingerprint density at radius 1 is 1.19 bits per heavy atom. The van der Waals surface area contributed by atoms with Crippen molar-refractivity contribution in [3.05, 3.63) is 60.3 Å². The molecule has 6 heteroatoms. The van der Waals surface area contributed by atoms with E-state index in [1.54, 1.807) is 24.4 Å². The molecule has 104 valence electrons. The zero-order valence-corrected chi connectivity index (χ0v) is 11.0. The van der Waals surface area contributed by atoms with Gasteiger partial charge in [-0.2, -0.15) is 4.99 Å². The fourth-order valence-corrected chi connectivity index (χ4v) is 1.91. The zero-order valence-electron chi connectivity index (χ0n) is 11.0. The van der Waals surface area contributed by atoms with Crippen LogP contribution in [0.4, 0.5) is 11.5 Å². The molecular formula is C15H12N4O2. The van der Waals surface area contributed by atoms with Gasteiger partial charge in [-0.3, -0.25) is 4.79 Å². The van der Waals surface area contributed by atoms with Crippen LogP contribution in [-0.4, -0.2) is 22.0 Å². The quantitative estimate of drug-likeness (QED) is 0.827. The Morgan fingerprint density at radius 3 is 2.81 bits per heavy atom. The second kappa shape index (κ2) is 5.46. The Balaban J connectivity index is 1.86. The van der Waals surface area contributed by atoms with Crippen LogP contribution in [0.5, 0.6) is 0 Å². The Bertz CT molecular complexity index is 725. The van der Waals surface area contributed by atoms with Gasteiger partial charge in [-0.1, -0.05) is 30.3 Å². The van der Waals surface area contributed by atoms with Gasteiger partial charge in [0.2, 0.25) is 0 Å². The number of aliphatic imine (C=N–C) groups is 1. The number of hydrogen-bond donors (Lipinski definition) is 2. The number of rotatable bonds is 2. The van der Waals surface area contributed by atoms with Gasteiger partial charge in [-0.15, -0.1) is 0 Å². The van der Waals surface area contributed by atoms with E-state index in [4.69, 9.17) is 0 Å². The molecule has 0 unspecified atom stereocenters. The molecule has 21 heavy (non-hydrogen) atoms. The molecule has 0 radical (unpaired) electrons. The number of nitrogens with one attached hydrogen (secondary N) is 1. The first-order chi connectivity index (χ1) is 10.2. The molecule has 2 heterocycles. The molecular weight excluding hydrogens is 268 g/mol. The lowest BCUT2D eigenvalue weighted by molar-refractivity contribution is -0.114. The number of aliphatic hydroxyl groups is 1. The minimum atomic E-state index is -0.373. The number of anilines is 1. The van der Waals surface area contributed by atoms with Gasteiger partial charge in [0.1, 0.15) is 5.69 Å². The molecule has 0 saturated carbocycles. The number of benzene rings is 1. The highest BCUT2D eigenvalue weighted by Crippen LogP contribution is 2.27. The SMILES string of the molecule is O=C(/C=C/c1ccccc1)N1NC(O)=Nc2ncccc21. The van der Waals surface area contributed by atoms with Crippen LogP contribution in [0.3, 0.4) is 0 Å². The first-order valence-corrected chi connectivity index (χ1v) is 6.30. The van der Waals surface area contributed by atoms with Crippen molar-refractivity contribution in [1.82, 2.24) is 10.4 Å². The average Bonchev–Trinajstić information content (AvgIpc) is 2.52. The van der Waals surface area contributed by atoms with Crippen LogP contribution in [0.2, 0.25) is 0 Å². The smallest absolute Gasteiger partial charge is 0.308 e. The molecule has 1 amide bonds. The molecule has 0 saturated heterocycles. The first kappa shape index (κ1) is 12.9. The van der Waals surface area contributed by atoms with Crippen LogP contribution in [0.25, 0.3) is 6.08 Å². The van der Waals surface area contributed by atoms with Gasteiger partial charge >= 0.3 is 6.02 Å². The summed E-state index contributed by atoms with van der Waals surface area (Å²) < 4.78 is 0. The topological polar surface area (TPSA) is 77.8 Å². The van der Waals surface area contributed by atoms with E-state index in [2.05, 4.69) is 15.4 Å². The lowest BCUT2D eigenvalue weighted by Gasteiger charge is -2.25. The Kier molecular flexibility index (Phi) is 3.34. The molecule has 6 nitrogen and oxygen atoms in total. The van der Waals surface area contributed by atoms with Crippen molar-refractivity contribution in [2.45, 2.75) is 0 Å². The van der Waals surface area contributed by atoms with Crippen molar-refractivity contribution >= 4 is 29.5 Å². The molecule has 2 aromatic rings. The number of carbonyl (C=O) groups excluding carboxylic acids is 1. The number of nitrogens with zero attached hydrogens (tertiary/aromatic N) is 3. The van der Waals surface area contributed by atoms with Crippen molar-refractivity contribution < 1.29 is 9.90 Å². The van der Waals surface area contributed by atoms with Gasteiger partial charge in [0, 0.05) is 12.3 Å². The third kappa shape index (κ3) is 2.74. The number of fused-ring (bicyclic) bond motifs is 1.